The van der Waals surface area contributed by atoms with E-state index in [-0.39, 0.29) is 0 Å². The van der Waals surface area contributed by atoms with Crippen LogP contribution in [0, 0.1) is 6.92 Å². The van der Waals surface area contributed by atoms with Crippen LogP contribution in [-0.2, 0) is 0 Å². The Kier molecular flexibility index (Phi) is 8.21. The fourth-order valence-corrected chi connectivity index (χ4v) is 5.21. The van der Waals surface area contributed by atoms with Gasteiger partial charge in [-0.2, -0.15) is 5.10 Å². The molecule has 5 heteroatoms. The summed E-state index contributed by atoms with van der Waals surface area (Å²) in [5.41, 5.74) is 9.67. The molecular formula is C31H39N5. The molecule has 0 atom stereocenters. The molecule has 1 aliphatic carbocycles. The summed E-state index contributed by atoms with van der Waals surface area (Å²) in [4.78, 5) is 6.71. The average molecular weight is 482 g/mol. The van der Waals surface area contributed by atoms with Crippen molar-refractivity contribution in [1.29, 1.82) is 0 Å². The van der Waals surface area contributed by atoms with E-state index < -0.39 is 0 Å². The maximum atomic E-state index is 4.61. The maximum Gasteiger partial charge on any atom is 0.116 e. The lowest BCUT2D eigenvalue weighted by molar-refractivity contribution is 0.442. The van der Waals surface area contributed by atoms with Crippen LogP contribution in [-0.4, -0.2) is 40.7 Å². The van der Waals surface area contributed by atoms with Crippen LogP contribution >= 0.6 is 0 Å². The third-order valence-electron chi connectivity index (χ3n) is 7.18. The number of aromatic nitrogens is 3. The highest BCUT2D eigenvalue weighted by molar-refractivity contribution is 5.95. The van der Waals surface area contributed by atoms with Gasteiger partial charge in [0.1, 0.15) is 5.69 Å². The molecule has 188 valence electrons. The van der Waals surface area contributed by atoms with E-state index in [4.69, 9.17) is 0 Å². The van der Waals surface area contributed by atoms with Gasteiger partial charge in [0.05, 0.1) is 23.1 Å². The van der Waals surface area contributed by atoms with Crippen molar-refractivity contribution in [3.63, 3.8) is 0 Å². The van der Waals surface area contributed by atoms with Crippen molar-refractivity contribution >= 4 is 27.9 Å². The lowest BCUT2D eigenvalue weighted by atomic mass is 9.83. The SMILES string of the molecule is C=C/C(=C\C(=C/C)c1ccc2[nH]nc(C(=C)Nc3cncc(C4CCCCC4)c3C)c2c1)CN(C)C. The summed E-state index contributed by atoms with van der Waals surface area (Å²) in [5.74, 6) is 0.607. The highest BCUT2D eigenvalue weighted by Gasteiger charge is 2.20. The Morgan fingerprint density at radius 1 is 1.19 bits per heavy atom. The summed E-state index contributed by atoms with van der Waals surface area (Å²) in [6, 6.07) is 6.40. The molecule has 0 amide bonds. The normalized spacial score (nSPS) is 15.5. The Bertz CT molecular complexity index is 1300. The molecule has 1 aromatic carbocycles. The predicted octanol–water partition coefficient (Wildman–Crippen LogP) is 7.47. The first-order valence-electron chi connectivity index (χ1n) is 12.9. The highest BCUT2D eigenvalue weighted by Crippen LogP contribution is 2.36. The molecule has 1 saturated carbocycles. The van der Waals surface area contributed by atoms with Gasteiger partial charge in [-0.15, -0.1) is 0 Å². The number of pyridine rings is 1. The number of allylic oxidation sites excluding steroid dienone is 3. The number of aromatic amines is 1. The van der Waals surface area contributed by atoms with Gasteiger partial charge in [-0.1, -0.05) is 56.7 Å². The first kappa shape index (κ1) is 25.6. The van der Waals surface area contributed by atoms with Crippen molar-refractivity contribution in [2.24, 2.45) is 0 Å². The van der Waals surface area contributed by atoms with Crippen LogP contribution in [0.4, 0.5) is 5.69 Å². The molecular weight excluding hydrogens is 442 g/mol. The van der Waals surface area contributed by atoms with Crippen LogP contribution < -0.4 is 5.32 Å². The number of benzene rings is 1. The van der Waals surface area contributed by atoms with Gasteiger partial charge in [-0.25, -0.2) is 0 Å². The fourth-order valence-electron chi connectivity index (χ4n) is 5.21. The molecule has 36 heavy (non-hydrogen) atoms. The fraction of sp³-hybridized carbons (Fsp3) is 0.355. The van der Waals surface area contributed by atoms with Crippen LogP contribution in [0.15, 0.2) is 67.6 Å². The van der Waals surface area contributed by atoms with Crippen LogP contribution in [0.5, 0.6) is 0 Å². The van der Waals surface area contributed by atoms with Gasteiger partial charge in [0.2, 0.25) is 0 Å². The van der Waals surface area contributed by atoms with Crippen LogP contribution in [0.1, 0.15) is 67.3 Å². The second-order valence-electron chi connectivity index (χ2n) is 10.1. The van der Waals surface area contributed by atoms with E-state index in [9.17, 15) is 0 Å². The zero-order valence-electron chi connectivity index (χ0n) is 22.2. The van der Waals surface area contributed by atoms with E-state index in [1.807, 2.05) is 12.3 Å². The zero-order chi connectivity index (χ0) is 25.7. The first-order valence-corrected chi connectivity index (χ1v) is 12.9. The topological polar surface area (TPSA) is 56.8 Å². The lowest BCUT2D eigenvalue weighted by Gasteiger charge is -2.24. The summed E-state index contributed by atoms with van der Waals surface area (Å²) >= 11 is 0. The Morgan fingerprint density at radius 2 is 1.97 bits per heavy atom. The van der Waals surface area contributed by atoms with Crippen LogP contribution in [0.2, 0.25) is 0 Å². The number of anilines is 1. The smallest absolute Gasteiger partial charge is 0.116 e. The number of nitrogens with zero attached hydrogens (tertiary/aromatic N) is 3. The largest absolute Gasteiger partial charge is 0.353 e. The molecule has 0 unspecified atom stereocenters. The van der Waals surface area contributed by atoms with Gasteiger partial charge in [-0.3, -0.25) is 10.1 Å². The Balaban J connectivity index is 1.62. The van der Waals surface area contributed by atoms with Gasteiger partial charge in [-0.05, 0) is 86.7 Å². The van der Waals surface area contributed by atoms with Gasteiger partial charge in [0.25, 0.3) is 0 Å². The molecule has 1 fully saturated rings. The summed E-state index contributed by atoms with van der Waals surface area (Å²) in [6.45, 7) is 13.4. The number of hydrogen-bond donors (Lipinski definition) is 2. The van der Waals surface area contributed by atoms with Crippen molar-refractivity contribution < 1.29 is 0 Å². The first-order chi connectivity index (χ1) is 17.4. The number of hydrogen-bond acceptors (Lipinski definition) is 4. The molecule has 1 aliphatic rings. The zero-order valence-corrected chi connectivity index (χ0v) is 22.2. The molecule has 4 rings (SSSR count). The third kappa shape index (κ3) is 5.68. The molecule has 2 N–H and O–H groups in total. The third-order valence-corrected chi connectivity index (χ3v) is 7.18. The van der Waals surface area contributed by atoms with Crippen LogP contribution in [0.3, 0.4) is 0 Å². The van der Waals surface area contributed by atoms with Gasteiger partial charge in [0.15, 0.2) is 0 Å². The Morgan fingerprint density at radius 3 is 2.67 bits per heavy atom. The average Bonchev–Trinajstić information content (AvgIpc) is 3.31. The van der Waals surface area contributed by atoms with E-state index >= 15 is 0 Å². The van der Waals surface area contributed by atoms with Crippen molar-refractivity contribution in [2.45, 2.75) is 51.9 Å². The lowest BCUT2D eigenvalue weighted by Crippen LogP contribution is -2.14. The van der Waals surface area contributed by atoms with E-state index in [0.29, 0.717) is 5.92 Å². The second-order valence-corrected chi connectivity index (χ2v) is 10.1. The molecule has 2 heterocycles. The summed E-state index contributed by atoms with van der Waals surface area (Å²) in [7, 11) is 4.13. The summed E-state index contributed by atoms with van der Waals surface area (Å²) in [5, 5.41) is 12.3. The molecule has 0 saturated heterocycles. The van der Waals surface area contributed by atoms with Crippen molar-refractivity contribution in [2.75, 3.05) is 26.0 Å². The molecule has 0 radical (unpaired) electrons. The van der Waals surface area contributed by atoms with Gasteiger partial charge in [0, 0.05) is 18.1 Å². The predicted molar refractivity (Wildman–Crippen MR) is 154 cm³/mol. The minimum absolute atomic E-state index is 0.607. The van der Waals surface area contributed by atoms with Crippen LogP contribution in [0.25, 0.3) is 22.2 Å². The summed E-state index contributed by atoms with van der Waals surface area (Å²) in [6.07, 6.45) is 16.7. The van der Waals surface area contributed by atoms with E-state index in [1.165, 1.54) is 48.8 Å². The molecule has 0 aliphatic heterocycles. The molecule has 0 spiro atoms. The van der Waals surface area contributed by atoms with E-state index in [1.54, 1.807) is 0 Å². The standard InChI is InChI=1S/C31H39N5/c1-7-23(20-36(5)6)16-24(8-2)26-14-15-29-27(17-26)31(35-34-29)22(4)33-30-19-32-18-28(21(30)3)25-12-10-9-11-13-25/h7-8,14-19,25,33H,1,4,9-13,20H2,2-3,5-6H3,(H,34,35)/b23-16+,24-8+. The van der Waals surface area contributed by atoms with Gasteiger partial charge < -0.3 is 10.2 Å². The van der Waals surface area contributed by atoms with E-state index in [2.05, 4.69) is 103 Å². The minimum atomic E-state index is 0.607. The number of likely N-dealkylation sites (N-methyl/N-ethyl adjacent to an activating group) is 1. The van der Waals surface area contributed by atoms with E-state index in [0.717, 1.165) is 45.7 Å². The number of nitrogens with one attached hydrogen (secondary N) is 2. The monoisotopic (exact) mass is 481 g/mol. The molecule has 3 aromatic rings. The number of H-pyrrole nitrogens is 1. The van der Waals surface area contributed by atoms with Crippen molar-refractivity contribution in [3.05, 3.63) is 89.9 Å². The number of rotatable bonds is 9. The summed E-state index contributed by atoms with van der Waals surface area (Å²) < 4.78 is 0. The second kappa shape index (κ2) is 11.5. The van der Waals surface area contributed by atoms with Crippen molar-refractivity contribution in [1.82, 2.24) is 20.1 Å². The molecule has 2 aromatic heterocycles. The quantitative estimate of drug-likeness (QED) is 0.311. The molecule has 0 bridgehead atoms. The maximum absolute atomic E-state index is 4.61. The Hall–Kier alpha value is -3.44. The Labute approximate surface area is 215 Å². The van der Waals surface area contributed by atoms with Crippen molar-refractivity contribution in [3.8, 4) is 0 Å². The highest BCUT2D eigenvalue weighted by atomic mass is 15.1. The molecule has 5 nitrogen and oxygen atoms in total. The minimum Gasteiger partial charge on any atom is -0.353 e. The number of fused-ring (bicyclic) bond motifs is 1. The van der Waals surface area contributed by atoms with Gasteiger partial charge >= 0.3 is 0 Å².